The summed E-state index contributed by atoms with van der Waals surface area (Å²) in [6.07, 6.45) is 0. The molecule has 0 saturated heterocycles. The van der Waals surface area contributed by atoms with E-state index in [1.54, 1.807) is 0 Å². The van der Waals surface area contributed by atoms with Crippen LogP contribution in [-0.2, 0) is 13.2 Å². The number of imidazole rings is 1. The number of rotatable bonds is 7. The van der Waals surface area contributed by atoms with Gasteiger partial charge in [-0.2, -0.15) is 5.10 Å². The molecule has 0 atom stereocenters. The highest BCUT2D eigenvalue weighted by Gasteiger charge is 2.14. The van der Waals surface area contributed by atoms with Crippen LogP contribution in [0.1, 0.15) is 30.7 Å². The predicted octanol–water partition coefficient (Wildman–Crippen LogP) is 4.96. The van der Waals surface area contributed by atoms with Gasteiger partial charge in [0.1, 0.15) is 11.4 Å². The van der Waals surface area contributed by atoms with Crippen LogP contribution in [0, 0.1) is 12.8 Å². The third-order valence-corrected chi connectivity index (χ3v) is 5.10. The molecule has 2 aromatic carbocycles. The number of hydrogen-bond acceptors (Lipinski definition) is 4. The second kappa shape index (κ2) is 8.50. The third-order valence-electron chi connectivity index (χ3n) is 4.87. The van der Waals surface area contributed by atoms with Crippen molar-refractivity contribution in [2.24, 2.45) is 5.92 Å². The normalized spacial score (nSPS) is 11.5. The molecular weight excluding hydrogens is 400 g/mol. The van der Waals surface area contributed by atoms with Crippen molar-refractivity contribution in [3.63, 3.8) is 0 Å². The molecule has 0 spiro atoms. The van der Waals surface area contributed by atoms with Crippen LogP contribution in [0.3, 0.4) is 0 Å². The summed E-state index contributed by atoms with van der Waals surface area (Å²) in [5.74, 6) is 1.96. The van der Waals surface area contributed by atoms with E-state index in [1.807, 2.05) is 54.1 Å². The summed E-state index contributed by atoms with van der Waals surface area (Å²) in [5.41, 5.74) is 5.32. The molecule has 0 aliphatic heterocycles. The largest absolute Gasteiger partial charge is 0.493 e. The number of ether oxygens (including phenoxy) is 1. The maximum absolute atomic E-state index is 9.34. The van der Waals surface area contributed by atoms with E-state index in [4.69, 9.17) is 21.4 Å². The number of aryl methyl sites for hydroxylation is 1. The number of nitrogens with zero attached hydrogens (tertiary/aromatic N) is 3. The number of fused-ring (bicyclic) bond motifs is 1. The topological polar surface area (TPSA) is 76.0 Å². The van der Waals surface area contributed by atoms with Gasteiger partial charge in [-0.15, -0.1) is 0 Å². The number of H-pyrrole nitrogens is 1. The number of aliphatic hydroxyl groups is 1. The van der Waals surface area contributed by atoms with Crippen LogP contribution in [0.4, 0.5) is 0 Å². The highest BCUT2D eigenvalue weighted by Crippen LogP contribution is 2.26. The molecule has 0 amide bonds. The predicted molar refractivity (Wildman–Crippen MR) is 119 cm³/mol. The van der Waals surface area contributed by atoms with Gasteiger partial charge in [0.2, 0.25) is 0 Å². The molecule has 156 valence electrons. The van der Waals surface area contributed by atoms with Gasteiger partial charge in [0, 0.05) is 16.3 Å². The van der Waals surface area contributed by atoms with E-state index >= 15 is 0 Å². The number of aliphatic hydroxyl groups excluding tert-OH is 1. The zero-order chi connectivity index (χ0) is 21.3. The lowest BCUT2D eigenvalue weighted by molar-refractivity contribution is 0.268. The summed E-state index contributed by atoms with van der Waals surface area (Å²) in [5, 5.41) is 14.8. The quantitative estimate of drug-likeness (QED) is 0.439. The zero-order valence-electron chi connectivity index (χ0n) is 17.3. The van der Waals surface area contributed by atoms with Crippen LogP contribution in [0.15, 0.2) is 42.5 Å². The van der Waals surface area contributed by atoms with Gasteiger partial charge in [-0.1, -0.05) is 31.5 Å². The Bertz CT molecular complexity index is 1180. The fraction of sp³-hybridized carbons (Fsp3) is 0.304. The van der Waals surface area contributed by atoms with E-state index in [0.717, 1.165) is 39.3 Å². The van der Waals surface area contributed by atoms with Gasteiger partial charge >= 0.3 is 0 Å². The maximum atomic E-state index is 9.34. The fourth-order valence-corrected chi connectivity index (χ4v) is 3.49. The van der Waals surface area contributed by atoms with E-state index in [1.165, 1.54) is 0 Å². The molecule has 7 heteroatoms. The fourth-order valence-electron chi connectivity index (χ4n) is 3.29. The molecule has 2 heterocycles. The van der Waals surface area contributed by atoms with E-state index in [0.29, 0.717) is 29.9 Å². The Kier molecular flexibility index (Phi) is 5.79. The Balaban J connectivity index is 1.63. The Hall–Kier alpha value is -2.83. The van der Waals surface area contributed by atoms with Crippen molar-refractivity contribution in [3.8, 4) is 17.3 Å². The Morgan fingerprint density at radius 2 is 2.00 bits per heavy atom. The summed E-state index contributed by atoms with van der Waals surface area (Å²) in [4.78, 5) is 7.94. The van der Waals surface area contributed by atoms with Crippen LogP contribution < -0.4 is 4.74 Å². The highest BCUT2D eigenvalue weighted by molar-refractivity contribution is 6.30. The standard InChI is InChI=1S/C23H25ClN4O2/c1-14(2)13-30-22-7-5-18(24)10-17(22)11-28-15(3)8-21(27-28)23-25-19-6-4-16(12-29)9-20(19)26-23/h4-10,14,29H,11-13H2,1-3H3,(H,25,26). The molecule has 0 unspecified atom stereocenters. The van der Waals surface area contributed by atoms with E-state index in [9.17, 15) is 5.11 Å². The first kappa shape index (κ1) is 20.4. The van der Waals surface area contributed by atoms with Crippen molar-refractivity contribution in [2.75, 3.05) is 6.61 Å². The summed E-state index contributed by atoms with van der Waals surface area (Å²) in [7, 11) is 0. The van der Waals surface area contributed by atoms with E-state index in [2.05, 4.69) is 23.8 Å². The van der Waals surface area contributed by atoms with Crippen LogP contribution in [0.5, 0.6) is 5.75 Å². The Morgan fingerprint density at radius 1 is 1.17 bits per heavy atom. The SMILES string of the molecule is Cc1cc(-c2nc3ccc(CO)cc3[nH]2)nn1Cc1cc(Cl)ccc1OCC(C)C. The average Bonchev–Trinajstić information content (AvgIpc) is 3.30. The molecule has 0 bridgehead atoms. The number of aromatic nitrogens is 4. The maximum Gasteiger partial charge on any atom is 0.159 e. The lowest BCUT2D eigenvalue weighted by atomic mass is 10.2. The van der Waals surface area contributed by atoms with Gasteiger partial charge in [-0.3, -0.25) is 4.68 Å². The van der Waals surface area contributed by atoms with Crippen molar-refractivity contribution >= 4 is 22.6 Å². The summed E-state index contributed by atoms with van der Waals surface area (Å²) >= 11 is 6.24. The van der Waals surface area contributed by atoms with Gasteiger partial charge < -0.3 is 14.8 Å². The number of benzene rings is 2. The van der Waals surface area contributed by atoms with Crippen molar-refractivity contribution in [1.82, 2.24) is 19.7 Å². The third kappa shape index (κ3) is 4.35. The molecule has 0 fully saturated rings. The second-order valence-electron chi connectivity index (χ2n) is 7.88. The number of aromatic amines is 1. The molecule has 4 rings (SSSR count). The van der Waals surface area contributed by atoms with Crippen LogP contribution >= 0.6 is 11.6 Å². The van der Waals surface area contributed by atoms with Crippen molar-refractivity contribution in [1.29, 1.82) is 0 Å². The summed E-state index contributed by atoms with van der Waals surface area (Å²) in [6, 6.07) is 13.4. The van der Waals surface area contributed by atoms with Gasteiger partial charge in [0.05, 0.1) is 30.8 Å². The number of nitrogens with one attached hydrogen (secondary N) is 1. The monoisotopic (exact) mass is 424 g/mol. The van der Waals surface area contributed by atoms with Crippen LogP contribution in [0.25, 0.3) is 22.6 Å². The number of hydrogen-bond donors (Lipinski definition) is 2. The van der Waals surface area contributed by atoms with Crippen LogP contribution in [0.2, 0.25) is 5.02 Å². The first-order valence-electron chi connectivity index (χ1n) is 9.98. The summed E-state index contributed by atoms with van der Waals surface area (Å²) < 4.78 is 7.91. The molecule has 0 aliphatic rings. The van der Waals surface area contributed by atoms with Crippen molar-refractivity contribution < 1.29 is 9.84 Å². The molecular formula is C23H25ClN4O2. The van der Waals surface area contributed by atoms with Gasteiger partial charge in [-0.25, -0.2) is 4.98 Å². The Morgan fingerprint density at radius 3 is 2.77 bits per heavy atom. The van der Waals surface area contributed by atoms with Crippen molar-refractivity contribution in [2.45, 2.75) is 33.9 Å². The van der Waals surface area contributed by atoms with E-state index < -0.39 is 0 Å². The highest BCUT2D eigenvalue weighted by atomic mass is 35.5. The lowest BCUT2D eigenvalue weighted by Gasteiger charge is -2.14. The first-order valence-corrected chi connectivity index (χ1v) is 10.4. The minimum absolute atomic E-state index is 0.00111. The minimum atomic E-state index is -0.00111. The summed E-state index contributed by atoms with van der Waals surface area (Å²) in [6.45, 7) is 7.45. The second-order valence-corrected chi connectivity index (χ2v) is 8.32. The Labute approximate surface area is 180 Å². The van der Waals surface area contributed by atoms with Gasteiger partial charge in [0.25, 0.3) is 0 Å². The molecule has 30 heavy (non-hydrogen) atoms. The zero-order valence-corrected chi connectivity index (χ0v) is 18.1. The molecule has 6 nitrogen and oxygen atoms in total. The minimum Gasteiger partial charge on any atom is -0.493 e. The van der Waals surface area contributed by atoms with Gasteiger partial charge in [-0.05, 0) is 54.8 Å². The first-order chi connectivity index (χ1) is 14.4. The molecule has 0 radical (unpaired) electrons. The molecule has 0 aliphatic carbocycles. The molecule has 4 aromatic rings. The van der Waals surface area contributed by atoms with Crippen LogP contribution in [-0.4, -0.2) is 31.5 Å². The smallest absolute Gasteiger partial charge is 0.159 e. The van der Waals surface area contributed by atoms with E-state index in [-0.39, 0.29) is 6.61 Å². The van der Waals surface area contributed by atoms with Crippen molar-refractivity contribution in [3.05, 3.63) is 64.3 Å². The van der Waals surface area contributed by atoms with Gasteiger partial charge in [0.15, 0.2) is 5.82 Å². The molecule has 2 aromatic heterocycles. The average molecular weight is 425 g/mol. The lowest BCUT2D eigenvalue weighted by Crippen LogP contribution is -2.09. The molecule has 0 saturated carbocycles. The number of halogens is 1. The molecule has 2 N–H and O–H groups in total.